The van der Waals surface area contributed by atoms with Gasteiger partial charge in [-0.3, -0.25) is 4.79 Å². The van der Waals surface area contributed by atoms with E-state index in [4.69, 9.17) is 0 Å². The number of hydrogen-bond donors (Lipinski definition) is 0. The molecule has 0 spiro atoms. The van der Waals surface area contributed by atoms with Crippen LogP contribution in [0.3, 0.4) is 0 Å². The third-order valence-electron chi connectivity index (χ3n) is 4.61. The van der Waals surface area contributed by atoms with E-state index in [0.717, 1.165) is 27.1 Å². The molecule has 7 heteroatoms. The molecule has 0 aromatic carbocycles. The van der Waals surface area contributed by atoms with Crippen LogP contribution < -0.4 is 0 Å². The second-order valence-corrected chi connectivity index (χ2v) is 8.33. The molecule has 0 radical (unpaired) electrons. The van der Waals surface area contributed by atoms with Gasteiger partial charge in [-0.15, -0.1) is 21.5 Å². The maximum Gasteiger partial charge on any atom is 0.191 e. The first-order chi connectivity index (χ1) is 12.1. The third kappa shape index (κ3) is 3.06. The Morgan fingerprint density at radius 1 is 1.36 bits per heavy atom. The van der Waals surface area contributed by atoms with Crippen molar-refractivity contribution in [1.82, 2.24) is 19.3 Å². The Balaban J connectivity index is 1.49. The fourth-order valence-electron chi connectivity index (χ4n) is 3.22. The SMILES string of the molecule is Cc1cc(C(=O)CSc2nnc(-c3cccs3)n2C)c(C)n1C1CC1. The number of thioether (sulfide) groups is 1. The van der Waals surface area contributed by atoms with Gasteiger partial charge in [-0.05, 0) is 44.2 Å². The first-order valence-corrected chi connectivity index (χ1v) is 10.2. The average molecular weight is 373 g/mol. The summed E-state index contributed by atoms with van der Waals surface area (Å²) < 4.78 is 4.27. The van der Waals surface area contributed by atoms with Gasteiger partial charge in [-0.1, -0.05) is 17.8 Å². The van der Waals surface area contributed by atoms with Crippen molar-refractivity contribution in [3.05, 3.63) is 40.5 Å². The van der Waals surface area contributed by atoms with Gasteiger partial charge in [-0.2, -0.15) is 0 Å². The minimum atomic E-state index is 0.158. The quantitative estimate of drug-likeness (QED) is 0.479. The smallest absolute Gasteiger partial charge is 0.191 e. The average Bonchev–Trinajstić information content (AvgIpc) is 3.01. The first-order valence-electron chi connectivity index (χ1n) is 8.34. The molecule has 0 bridgehead atoms. The lowest BCUT2D eigenvalue weighted by atomic mass is 10.2. The van der Waals surface area contributed by atoms with Crippen LogP contribution in [0.2, 0.25) is 0 Å². The van der Waals surface area contributed by atoms with Gasteiger partial charge in [0.15, 0.2) is 16.8 Å². The summed E-state index contributed by atoms with van der Waals surface area (Å²) in [6.45, 7) is 4.14. The monoisotopic (exact) mass is 372 g/mol. The fraction of sp³-hybridized carbons (Fsp3) is 0.389. The number of Topliss-reactive ketones (excluding diaryl/α,β-unsaturated/α-hetero) is 1. The molecule has 4 rings (SSSR count). The Kier molecular flexibility index (Phi) is 4.29. The zero-order valence-electron chi connectivity index (χ0n) is 14.5. The van der Waals surface area contributed by atoms with Crippen LogP contribution in [0.5, 0.6) is 0 Å². The number of hydrogen-bond acceptors (Lipinski definition) is 5. The van der Waals surface area contributed by atoms with Gasteiger partial charge in [-0.25, -0.2) is 0 Å². The molecule has 5 nitrogen and oxygen atoms in total. The Morgan fingerprint density at radius 2 is 2.16 bits per heavy atom. The second kappa shape index (κ2) is 6.46. The molecule has 1 saturated carbocycles. The second-order valence-electron chi connectivity index (χ2n) is 6.44. The van der Waals surface area contributed by atoms with Crippen LogP contribution in [0, 0.1) is 13.8 Å². The molecule has 3 aromatic heterocycles. The minimum absolute atomic E-state index is 0.158. The summed E-state index contributed by atoms with van der Waals surface area (Å²) in [7, 11) is 1.95. The van der Waals surface area contributed by atoms with Crippen molar-refractivity contribution >= 4 is 28.9 Å². The Labute approximate surface area is 155 Å². The number of aromatic nitrogens is 4. The molecule has 1 fully saturated rings. The van der Waals surface area contributed by atoms with E-state index in [9.17, 15) is 4.79 Å². The van der Waals surface area contributed by atoms with Crippen LogP contribution in [0.15, 0.2) is 28.7 Å². The third-order valence-corrected chi connectivity index (χ3v) is 6.49. The predicted molar refractivity (Wildman–Crippen MR) is 102 cm³/mol. The first kappa shape index (κ1) is 16.6. The van der Waals surface area contributed by atoms with E-state index < -0.39 is 0 Å². The molecule has 0 aliphatic heterocycles. The van der Waals surface area contributed by atoms with E-state index in [1.54, 1.807) is 11.3 Å². The predicted octanol–water partition coefficient (Wildman–Crippen LogP) is 4.27. The number of thiophene rings is 1. The highest BCUT2D eigenvalue weighted by molar-refractivity contribution is 7.99. The summed E-state index contributed by atoms with van der Waals surface area (Å²) in [5.74, 6) is 1.38. The van der Waals surface area contributed by atoms with Gasteiger partial charge in [0.05, 0.1) is 10.6 Å². The zero-order valence-corrected chi connectivity index (χ0v) is 16.2. The van der Waals surface area contributed by atoms with Gasteiger partial charge < -0.3 is 9.13 Å². The number of carbonyl (C=O) groups is 1. The molecule has 25 heavy (non-hydrogen) atoms. The normalized spacial score (nSPS) is 14.2. The summed E-state index contributed by atoms with van der Waals surface area (Å²) in [6, 6.07) is 6.66. The number of aryl methyl sites for hydroxylation is 1. The fourth-order valence-corrected chi connectivity index (χ4v) is 4.76. The van der Waals surface area contributed by atoms with Crippen LogP contribution >= 0.6 is 23.1 Å². The number of ketones is 1. The van der Waals surface area contributed by atoms with Gasteiger partial charge in [0.2, 0.25) is 0 Å². The Hall–Kier alpha value is -1.86. The highest BCUT2D eigenvalue weighted by atomic mass is 32.2. The van der Waals surface area contributed by atoms with Crippen molar-refractivity contribution in [2.24, 2.45) is 7.05 Å². The van der Waals surface area contributed by atoms with E-state index in [2.05, 4.69) is 28.6 Å². The summed E-state index contributed by atoms with van der Waals surface area (Å²) in [5, 5.41) is 11.3. The summed E-state index contributed by atoms with van der Waals surface area (Å²) >= 11 is 3.09. The molecule has 130 valence electrons. The molecule has 0 unspecified atom stereocenters. The van der Waals surface area contributed by atoms with Crippen LogP contribution in [0.4, 0.5) is 0 Å². The molecule has 0 amide bonds. The standard InChI is InChI=1S/C18H20N4OS2/c1-11-9-14(12(2)22(11)13-6-7-13)15(23)10-25-18-20-19-17(21(18)3)16-5-4-8-24-16/h4-5,8-9,13H,6-7,10H2,1-3H3. The van der Waals surface area contributed by atoms with E-state index in [0.29, 0.717) is 11.8 Å². The van der Waals surface area contributed by atoms with Crippen molar-refractivity contribution in [1.29, 1.82) is 0 Å². The lowest BCUT2D eigenvalue weighted by molar-refractivity contribution is 0.102. The number of rotatable bonds is 6. The Bertz CT molecular complexity index is 919. The molecule has 0 saturated heterocycles. The maximum absolute atomic E-state index is 12.7. The minimum Gasteiger partial charge on any atom is -0.345 e. The van der Waals surface area contributed by atoms with Crippen molar-refractivity contribution < 1.29 is 4.79 Å². The van der Waals surface area contributed by atoms with Crippen molar-refractivity contribution in [2.75, 3.05) is 5.75 Å². The van der Waals surface area contributed by atoms with Crippen LogP contribution in [0.25, 0.3) is 10.7 Å². The van der Waals surface area contributed by atoms with Crippen LogP contribution in [-0.2, 0) is 7.05 Å². The topological polar surface area (TPSA) is 52.7 Å². The Morgan fingerprint density at radius 3 is 2.84 bits per heavy atom. The van der Waals surface area contributed by atoms with E-state index in [1.807, 2.05) is 35.2 Å². The zero-order chi connectivity index (χ0) is 17.6. The maximum atomic E-state index is 12.7. The van der Waals surface area contributed by atoms with Crippen LogP contribution in [0.1, 0.15) is 40.6 Å². The van der Waals surface area contributed by atoms with Gasteiger partial charge in [0.1, 0.15) is 0 Å². The molecule has 1 aliphatic rings. The molecule has 0 N–H and O–H groups in total. The lowest BCUT2D eigenvalue weighted by Crippen LogP contribution is -2.06. The number of nitrogens with zero attached hydrogens (tertiary/aromatic N) is 4. The highest BCUT2D eigenvalue weighted by Gasteiger charge is 2.28. The van der Waals surface area contributed by atoms with Crippen molar-refractivity contribution in [2.45, 2.75) is 37.9 Å². The summed E-state index contributed by atoms with van der Waals surface area (Å²) in [5.41, 5.74) is 3.13. The highest BCUT2D eigenvalue weighted by Crippen LogP contribution is 2.38. The van der Waals surface area contributed by atoms with E-state index in [-0.39, 0.29) is 5.78 Å². The van der Waals surface area contributed by atoms with Crippen molar-refractivity contribution in [3.8, 4) is 10.7 Å². The number of carbonyl (C=O) groups excluding carboxylic acids is 1. The van der Waals surface area contributed by atoms with Gasteiger partial charge in [0, 0.05) is 30.0 Å². The van der Waals surface area contributed by atoms with Crippen molar-refractivity contribution in [3.63, 3.8) is 0 Å². The van der Waals surface area contributed by atoms with Gasteiger partial charge in [0.25, 0.3) is 0 Å². The summed E-state index contributed by atoms with van der Waals surface area (Å²) in [6.07, 6.45) is 2.45. The largest absolute Gasteiger partial charge is 0.345 e. The molecule has 3 aromatic rings. The van der Waals surface area contributed by atoms with E-state index >= 15 is 0 Å². The molecule has 3 heterocycles. The molecular weight excluding hydrogens is 352 g/mol. The van der Waals surface area contributed by atoms with Gasteiger partial charge >= 0.3 is 0 Å². The molecule has 1 aliphatic carbocycles. The lowest BCUT2D eigenvalue weighted by Gasteiger charge is -2.07. The van der Waals surface area contributed by atoms with E-state index in [1.165, 1.54) is 30.3 Å². The summed E-state index contributed by atoms with van der Waals surface area (Å²) in [4.78, 5) is 13.8. The molecule has 0 atom stereocenters. The molecular formula is C18H20N4OS2. The van der Waals surface area contributed by atoms with Crippen LogP contribution in [-0.4, -0.2) is 30.9 Å².